The van der Waals surface area contributed by atoms with Crippen molar-refractivity contribution in [2.45, 2.75) is 51.2 Å². The maximum atomic E-state index is 11.2. The third kappa shape index (κ3) is 1.98. The molecule has 4 nitrogen and oxygen atoms in total. The Balaban J connectivity index is 2.00. The van der Waals surface area contributed by atoms with Crippen molar-refractivity contribution in [3.8, 4) is 0 Å². The molecule has 1 saturated carbocycles. The lowest BCUT2D eigenvalue weighted by Gasteiger charge is -2.37. The second-order valence-electron chi connectivity index (χ2n) is 4.69. The zero-order valence-electron chi connectivity index (χ0n) is 9.12. The SMILES string of the molecule is CC(=O)O[C@H]1CC[C@]2(C)OC(=O)C[C@@H]2C1. The predicted molar refractivity (Wildman–Crippen MR) is 52.0 cm³/mol. The highest BCUT2D eigenvalue weighted by Gasteiger charge is 2.49. The Labute approximate surface area is 88.9 Å². The third-order valence-electron chi connectivity index (χ3n) is 3.47. The van der Waals surface area contributed by atoms with E-state index in [-0.39, 0.29) is 29.6 Å². The molecule has 3 atom stereocenters. The van der Waals surface area contributed by atoms with Crippen molar-refractivity contribution < 1.29 is 19.1 Å². The largest absolute Gasteiger partial charge is 0.463 e. The van der Waals surface area contributed by atoms with Gasteiger partial charge in [0, 0.05) is 12.8 Å². The summed E-state index contributed by atoms with van der Waals surface area (Å²) < 4.78 is 10.5. The molecule has 0 aromatic rings. The number of esters is 2. The Morgan fingerprint density at radius 1 is 1.60 bits per heavy atom. The average Bonchev–Trinajstić information content (AvgIpc) is 2.38. The molecule has 1 heterocycles. The van der Waals surface area contributed by atoms with Crippen LogP contribution >= 0.6 is 0 Å². The second-order valence-corrected chi connectivity index (χ2v) is 4.69. The van der Waals surface area contributed by atoms with Gasteiger partial charge in [-0.3, -0.25) is 9.59 Å². The summed E-state index contributed by atoms with van der Waals surface area (Å²) in [5.41, 5.74) is -0.312. The number of hydrogen-bond donors (Lipinski definition) is 0. The Bertz CT molecular complexity index is 299. The number of carbonyl (C=O) groups is 2. The molecule has 0 aromatic carbocycles. The molecule has 15 heavy (non-hydrogen) atoms. The van der Waals surface area contributed by atoms with Gasteiger partial charge in [-0.25, -0.2) is 0 Å². The van der Waals surface area contributed by atoms with Crippen molar-refractivity contribution in [1.29, 1.82) is 0 Å². The van der Waals surface area contributed by atoms with E-state index in [1.807, 2.05) is 6.92 Å². The average molecular weight is 212 g/mol. The van der Waals surface area contributed by atoms with Crippen LogP contribution in [0.3, 0.4) is 0 Å². The Morgan fingerprint density at radius 2 is 2.33 bits per heavy atom. The van der Waals surface area contributed by atoms with Gasteiger partial charge in [0.1, 0.15) is 11.7 Å². The van der Waals surface area contributed by atoms with Gasteiger partial charge < -0.3 is 9.47 Å². The maximum absolute atomic E-state index is 11.2. The topological polar surface area (TPSA) is 52.6 Å². The van der Waals surface area contributed by atoms with E-state index in [0.717, 1.165) is 19.3 Å². The van der Waals surface area contributed by atoms with Crippen LogP contribution in [0.5, 0.6) is 0 Å². The fourth-order valence-electron chi connectivity index (χ4n) is 2.61. The van der Waals surface area contributed by atoms with Gasteiger partial charge in [-0.2, -0.15) is 0 Å². The summed E-state index contributed by atoms with van der Waals surface area (Å²) in [7, 11) is 0. The maximum Gasteiger partial charge on any atom is 0.306 e. The minimum Gasteiger partial charge on any atom is -0.463 e. The minimum absolute atomic E-state index is 0.0323. The second kappa shape index (κ2) is 3.51. The Kier molecular flexibility index (Phi) is 2.44. The summed E-state index contributed by atoms with van der Waals surface area (Å²) in [5.74, 6) is -0.150. The molecule has 0 amide bonds. The molecule has 1 aliphatic heterocycles. The number of fused-ring (bicyclic) bond motifs is 1. The summed E-state index contributed by atoms with van der Waals surface area (Å²) in [6.07, 6.45) is 2.77. The first-order chi connectivity index (χ1) is 6.99. The number of carbonyl (C=O) groups excluding carboxylic acids is 2. The van der Waals surface area contributed by atoms with Crippen LogP contribution in [0, 0.1) is 5.92 Å². The summed E-state index contributed by atoms with van der Waals surface area (Å²) in [5, 5.41) is 0. The molecule has 1 saturated heterocycles. The highest BCUT2D eigenvalue weighted by Crippen LogP contribution is 2.44. The molecular formula is C11H16O4. The molecule has 2 rings (SSSR count). The monoisotopic (exact) mass is 212 g/mol. The van der Waals surface area contributed by atoms with E-state index < -0.39 is 0 Å². The van der Waals surface area contributed by atoms with Gasteiger partial charge in [0.15, 0.2) is 0 Å². The quantitative estimate of drug-likeness (QED) is 0.617. The van der Waals surface area contributed by atoms with E-state index in [4.69, 9.17) is 9.47 Å². The van der Waals surface area contributed by atoms with Crippen molar-refractivity contribution in [1.82, 2.24) is 0 Å². The Hall–Kier alpha value is -1.06. The van der Waals surface area contributed by atoms with Gasteiger partial charge >= 0.3 is 11.9 Å². The first-order valence-corrected chi connectivity index (χ1v) is 5.39. The zero-order chi connectivity index (χ0) is 11.1. The lowest BCUT2D eigenvalue weighted by molar-refractivity contribution is -0.158. The number of rotatable bonds is 1. The van der Waals surface area contributed by atoms with Crippen molar-refractivity contribution >= 4 is 11.9 Å². The first kappa shape index (κ1) is 10.5. The van der Waals surface area contributed by atoms with Crippen LogP contribution < -0.4 is 0 Å². The van der Waals surface area contributed by atoms with Crippen LogP contribution in [0.1, 0.15) is 39.5 Å². The van der Waals surface area contributed by atoms with Gasteiger partial charge in [-0.1, -0.05) is 0 Å². The highest BCUT2D eigenvalue weighted by atomic mass is 16.6. The molecule has 0 radical (unpaired) electrons. The van der Waals surface area contributed by atoms with Crippen molar-refractivity contribution in [2.24, 2.45) is 5.92 Å². The smallest absolute Gasteiger partial charge is 0.306 e. The molecule has 0 N–H and O–H groups in total. The summed E-state index contributed by atoms with van der Waals surface area (Å²) in [6.45, 7) is 3.40. The van der Waals surface area contributed by atoms with Crippen LogP contribution in [-0.4, -0.2) is 23.6 Å². The minimum atomic E-state index is -0.312. The summed E-state index contributed by atoms with van der Waals surface area (Å²) in [6, 6.07) is 0. The van der Waals surface area contributed by atoms with E-state index in [1.165, 1.54) is 6.92 Å². The van der Waals surface area contributed by atoms with Crippen LogP contribution in [-0.2, 0) is 19.1 Å². The van der Waals surface area contributed by atoms with E-state index in [1.54, 1.807) is 0 Å². The van der Waals surface area contributed by atoms with Crippen molar-refractivity contribution in [3.05, 3.63) is 0 Å². The fraction of sp³-hybridized carbons (Fsp3) is 0.818. The van der Waals surface area contributed by atoms with Crippen LogP contribution in [0.15, 0.2) is 0 Å². The molecule has 2 fully saturated rings. The number of ether oxygens (including phenoxy) is 2. The van der Waals surface area contributed by atoms with Gasteiger partial charge in [0.2, 0.25) is 0 Å². The molecule has 0 aromatic heterocycles. The van der Waals surface area contributed by atoms with Gasteiger partial charge in [0.25, 0.3) is 0 Å². The Morgan fingerprint density at radius 3 is 3.00 bits per heavy atom. The predicted octanol–water partition coefficient (Wildman–Crippen LogP) is 1.42. The molecule has 0 bridgehead atoms. The lowest BCUT2D eigenvalue weighted by Crippen LogP contribution is -2.40. The number of hydrogen-bond acceptors (Lipinski definition) is 4. The van der Waals surface area contributed by atoms with Gasteiger partial charge in [0.05, 0.1) is 6.42 Å². The van der Waals surface area contributed by atoms with Crippen LogP contribution in [0.25, 0.3) is 0 Å². The fourth-order valence-corrected chi connectivity index (χ4v) is 2.61. The van der Waals surface area contributed by atoms with Gasteiger partial charge in [-0.15, -0.1) is 0 Å². The molecule has 84 valence electrons. The van der Waals surface area contributed by atoms with E-state index in [9.17, 15) is 9.59 Å². The zero-order valence-corrected chi connectivity index (χ0v) is 9.12. The first-order valence-electron chi connectivity index (χ1n) is 5.39. The van der Waals surface area contributed by atoms with Crippen LogP contribution in [0.4, 0.5) is 0 Å². The molecular weight excluding hydrogens is 196 g/mol. The molecule has 1 aliphatic carbocycles. The van der Waals surface area contributed by atoms with E-state index in [0.29, 0.717) is 6.42 Å². The van der Waals surface area contributed by atoms with E-state index in [2.05, 4.69) is 0 Å². The molecule has 0 spiro atoms. The van der Waals surface area contributed by atoms with Gasteiger partial charge in [-0.05, 0) is 26.2 Å². The molecule has 4 heteroatoms. The summed E-state index contributed by atoms with van der Waals surface area (Å²) in [4.78, 5) is 22.0. The molecule has 2 aliphatic rings. The molecule has 0 unspecified atom stereocenters. The standard InChI is InChI=1S/C11H16O4/c1-7(12)14-9-3-4-11(2)8(5-9)6-10(13)15-11/h8-9H,3-6H2,1-2H3/t8-,9-,11-/m0/s1. The van der Waals surface area contributed by atoms with E-state index >= 15 is 0 Å². The van der Waals surface area contributed by atoms with Crippen LogP contribution in [0.2, 0.25) is 0 Å². The third-order valence-corrected chi connectivity index (χ3v) is 3.47. The lowest BCUT2D eigenvalue weighted by atomic mass is 9.75. The normalized spacial score (nSPS) is 39.5. The highest BCUT2D eigenvalue weighted by molar-refractivity contribution is 5.73. The van der Waals surface area contributed by atoms with Crippen molar-refractivity contribution in [2.75, 3.05) is 0 Å². The van der Waals surface area contributed by atoms with Crippen molar-refractivity contribution in [3.63, 3.8) is 0 Å². The summed E-state index contributed by atoms with van der Waals surface area (Å²) >= 11 is 0.